The molecule has 0 aliphatic rings. The quantitative estimate of drug-likeness (QED) is 0.495. The maximum absolute atomic E-state index is 9.58. The summed E-state index contributed by atoms with van der Waals surface area (Å²) in [4.78, 5) is 0. The molecule has 0 aliphatic carbocycles. The van der Waals surface area contributed by atoms with Gasteiger partial charge in [0.05, 0.1) is 6.61 Å². The van der Waals surface area contributed by atoms with Crippen molar-refractivity contribution in [2.75, 3.05) is 6.61 Å². The molecule has 0 heterocycles. The average Bonchev–Trinajstić information content (AvgIpc) is 2.18. The highest BCUT2D eigenvalue weighted by Gasteiger charge is 2.14. The van der Waals surface area contributed by atoms with Crippen molar-refractivity contribution in [3.63, 3.8) is 0 Å². The standard InChI is InChI=1S/C10H14N2O2/c1-2-14-8-6-4-3-5-7(8)9(13)10(11)12/h3-6,9,13H,2H2,1H3,(H3,11,12)/t9-/m1/s1. The molecule has 1 aromatic carbocycles. The van der Waals surface area contributed by atoms with Gasteiger partial charge in [-0.2, -0.15) is 0 Å². The SMILES string of the molecule is CCOc1ccccc1[C@@H](O)C(=N)N. The molecule has 4 heteroatoms. The number of aliphatic hydroxyl groups is 1. The Morgan fingerprint density at radius 1 is 1.57 bits per heavy atom. The van der Waals surface area contributed by atoms with Crippen molar-refractivity contribution in [3.8, 4) is 5.75 Å². The zero-order valence-corrected chi connectivity index (χ0v) is 8.03. The number of nitrogens with two attached hydrogens (primary N) is 1. The van der Waals surface area contributed by atoms with Crippen LogP contribution in [0.1, 0.15) is 18.6 Å². The molecule has 0 radical (unpaired) electrons. The first-order valence-corrected chi connectivity index (χ1v) is 4.40. The normalized spacial score (nSPS) is 12.1. The number of para-hydroxylation sites is 1. The van der Waals surface area contributed by atoms with Gasteiger partial charge in [-0.25, -0.2) is 0 Å². The Balaban J connectivity index is 3.00. The van der Waals surface area contributed by atoms with Crippen LogP contribution in [0.25, 0.3) is 0 Å². The van der Waals surface area contributed by atoms with Gasteiger partial charge >= 0.3 is 0 Å². The number of ether oxygens (including phenoxy) is 1. The van der Waals surface area contributed by atoms with E-state index >= 15 is 0 Å². The monoisotopic (exact) mass is 194 g/mol. The van der Waals surface area contributed by atoms with Crippen molar-refractivity contribution in [1.29, 1.82) is 5.41 Å². The van der Waals surface area contributed by atoms with Crippen LogP contribution < -0.4 is 10.5 Å². The molecule has 0 aliphatic heterocycles. The molecule has 0 amide bonds. The van der Waals surface area contributed by atoms with Gasteiger partial charge in [0.2, 0.25) is 0 Å². The molecule has 4 nitrogen and oxygen atoms in total. The minimum Gasteiger partial charge on any atom is -0.493 e. The Bertz CT molecular complexity index is 326. The van der Waals surface area contributed by atoms with E-state index in [4.69, 9.17) is 15.9 Å². The molecule has 14 heavy (non-hydrogen) atoms. The molecule has 0 fully saturated rings. The van der Waals surface area contributed by atoms with Crippen molar-refractivity contribution >= 4 is 5.84 Å². The molecule has 1 aromatic rings. The topological polar surface area (TPSA) is 79.3 Å². The number of aliphatic hydroxyl groups excluding tert-OH is 1. The minimum atomic E-state index is -1.09. The van der Waals surface area contributed by atoms with E-state index in [-0.39, 0.29) is 5.84 Å². The molecule has 0 spiro atoms. The minimum absolute atomic E-state index is 0.280. The Morgan fingerprint density at radius 3 is 2.79 bits per heavy atom. The summed E-state index contributed by atoms with van der Waals surface area (Å²) in [5.41, 5.74) is 5.74. The predicted octanol–water partition coefficient (Wildman–Crippen LogP) is 1.05. The van der Waals surface area contributed by atoms with Crippen molar-refractivity contribution in [2.24, 2.45) is 5.73 Å². The molecule has 0 saturated heterocycles. The lowest BCUT2D eigenvalue weighted by Gasteiger charge is -2.13. The van der Waals surface area contributed by atoms with E-state index in [2.05, 4.69) is 0 Å². The summed E-state index contributed by atoms with van der Waals surface area (Å²) < 4.78 is 5.30. The van der Waals surface area contributed by atoms with Crippen LogP contribution in [0.4, 0.5) is 0 Å². The van der Waals surface area contributed by atoms with Gasteiger partial charge in [-0.3, -0.25) is 5.41 Å². The van der Waals surface area contributed by atoms with Gasteiger partial charge in [-0.05, 0) is 13.0 Å². The molecule has 0 aromatic heterocycles. The fourth-order valence-corrected chi connectivity index (χ4v) is 1.16. The maximum atomic E-state index is 9.58. The number of hydrogen-bond donors (Lipinski definition) is 3. The van der Waals surface area contributed by atoms with E-state index in [9.17, 15) is 5.11 Å². The van der Waals surface area contributed by atoms with Crippen LogP contribution in [0, 0.1) is 5.41 Å². The first-order chi connectivity index (χ1) is 6.66. The lowest BCUT2D eigenvalue weighted by molar-refractivity contribution is 0.235. The van der Waals surface area contributed by atoms with Crippen molar-refractivity contribution < 1.29 is 9.84 Å². The van der Waals surface area contributed by atoms with Crippen molar-refractivity contribution in [2.45, 2.75) is 13.0 Å². The van der Waals surface area contributed by atoms with Crippen molar-refractivity contribution in [1.82, 2.24) is 0 Å². The average molecular weight is 194 g/mol. The summed E-state index contributed by atoms with van der Waals surface area (Å²) in [6, 6.07) is 7.01. The molecule has 0 unspecified atom stereocenters. The van der Waals surface area contributed by atoms with Crippen LogP contribution in [0.2, 0.25) is 0 Å². The molecular weight excluding hydrogens is 180 g/mol. The lowest BCUT2D eigenvalue weighted by Crippen LogP contribution is -2.20. The highest BCUT2D eigenvalue weighted by atomic mass is 16.5. The number of benzene rings is 1. The van der Waals surface area contributed by atoms with Crippen LogP contribution >= 0.6 is 0 Å². The first-order valence-electron chi connectivity index (χ1n) is 4.40. The third-order valence-electron chi connectivity index (χ3n) is 1.81. The smallest absolute Gasteiger partial charge is 0.139 e. The lowest BCUT2D eigenvalue weighted by atomic mass is 10.1. The summed E-state index contributed by atoms with van der Waals surface area (Å²) >= 11 is 0. The second-order valence-corrected chi connectivity index (χ2v) is 2.83. The molecule has 0 saturated carbocycles. The summed E-state index contributed by atoms with van der Waals surface area (Å²) in [6.45, 7) is 2.37. The molecule has 1 rings (SSSR count). The molecule has 1 atom stereocenters. The van der Waals surface area contributed by atoms with Crippen LogP contribution in [0.3, 0.4) is 0 Å². The molecule has 4 N–H and O–H groups in total. The van der Waals surface area contributed by atoms with Gasteiger partial charge in [0.15, 0.2) is 0 Å². The molecule has 0 bridgehead atoms. The fraction of sp³-hybridized carbons (Fsp3) is 0.300. The van der Waals surface area contributed by atoms with Crippen LogP contribution in [-0.4, -0.2) is 17.5 Å². The van der Waals surface area contributed by atoms with Crippen LogP contribution in [0.5, 0.6) is 5.75 Å². The fourth-order valence-electron chi connectivity index (χ4n) is 1.16. The second kappa shape index (κ2) is 4.62. The van der Waals surface area contributed by atoms with Crippen LogP contribution in [-0.2, 0) is 0 Å². The van der Waals surface area contributed by atoms with E-state index in [1.54, 1.807) is 24.3 Å². The number of amidine groups is 1. The molecular formula is C10H14N2O2. The zero-order chi connectivity index (χ0) is 10.6. The summed E-state index contributed by atoms with van der Waals surface area (Å²) in [7, 11) is 0. The number of rotatable bonds is 4. The highest BCUT2D eigenvalue weighted by molar-refractivity contribution is 5.83. The molecule has 76 valence electrons. The largest absolute Gasteiger partial charge is 0.493 e. The Kier molecular flexibility index (Phi) is 3.48. The van der Waals surface area contributed by atoms with E-state index < -0.39 is 6.10 Å². The van der Waals surface area contributed by atoms with Gasteiger partial charge in [0, 0.05) is 5.56 Å². The summed E-state index contributed by atoms with van der Waals surface area (Å²) in [6.07, 6.45) is -1.09. The summed E-state index contributed by atoms with van der Waals surface area (Å²) in [5, 5.41) is 16.7. The van der Waals surface area contributed by atoms with Gasteiger partial charge < -0.3 is 15.6 Å². The Hall–Kier alpha value is -1.55. The highest BCUT2D eigenvalue weighted by Crippen LogP contribution is 2.24. The first kappa shape index (κ1) is 10.5. The third-order valence-corrected chi connectivity index (χ3v) is 1.81. The van der Waals surface area contributed by atoms with E-state index in [0.717, 1.165) is 0 Å². The van der Waals surface area contributed by atoms with Gasteiger partial charge in [-0.15, -0.1) is 0 Å². The van der Waals surface area contributed by atoms with Crippen LogP contribution in [0.15, 0.2) is 24.3 Å². The number of hydrogen-bond acceptors (Lipinski definition) is 3. The zero-order valence-electron chi connectivity index (χ0n) is 8.03. The predicted molar refractivity (Wildman–Crippen MR) is 54.5 cm³/mol. The van der Waals surface area contributed by atoms with E-state index in [1.165, 1.54) is 0 Å². The van der Waals surface area contributed by atoms with Crippen molar-refractivity contribution in [3.05, 3.63) is 29.8 Å². The Morgan fingerprint density at radius 2 is 2.21 bits per heavy atom. The summed E-state index contributed by atoms with van der Waals surface area (Å²) in [5.74, 6) is 0.287. The van der Waals surface area contributed by atoms with E-state index in [1.807, 2.05) is 6.92 Å². The van der Waals surface area contributed by atoms with Gasteiger partial charge in [0.1, 0.15) is 17.7 Å². The Labute approximate surface area is 82.8 Å². The second-order valence-electron chi connectivity index (χ2n) is 2.83. The van der Waals surface area contributed by atoms with E-state index in [0.29, 0.717) is 17.9 Å². The number of nitrogens with one attached hydrogen (secondary N) is 1. The van der Waals surface area contributed by atoms with Gasteiger partial charge in [-0.1, -0.05) is 18.2 Å². The third kappa shape index (κ3) is 2.23. The maximum Gasteiger partial charge on any atom is 0.139 e. The van der Waals surface area contributed by atoms with Gasteiger partial charge in [0.25, 0.3) is 0 Å².